The lowest BCUT2D eigenvalue weighted by Gasteiger charge is -2.35. The van der Waals surface area contributed by atoms with Crippen LogP contribution in [-0.2, 0) is 4.79 Å². The quantitative estimate of drug-likeness (QED) is 0.677. The number of urea groups is 1. The molecule has 1 saturated carbocycles. The van der Waals surface area contributed by atoms with Gasteiger partial charge in [0.2, 0.25) is 0 Å². The van der Waals surface area contributed by atoms with Crippen LogP contribution in [-0.4, -0.2) is 60.3 Å². The summed E-state index contributed by atoms with van der Waals surface area (Å²) in [7, 11) is 0. The Bertz CT molecular complexity index is 722. The summed E-state index contributed by atoms with van der Waals surface area (Å²) in [4.78, 5) is 30.3. The number of benzene rings is 1. The van der Waals surface area contributed by atoms with Crippen LogP contribution in [0.25, 0.3) is 0 Å². The van der Waals surface area contributed by atoms with E-state index in [0.29, 0.717) is 18.3 Å². The Morgan fingerprint density at radius 3 is 2.52 bits per heavy atom. The SMILES string of the molecule is CC1CCC2(CC1)NC(=O)N(C[NH+]1CCN(c3ccccc3O)CC1)C2=O. The number of nitrogens with one attached hydrogen (secondary N) is 2. The smallest absolute Gasteiger partial charge is 0.329 e. The molecule has 3 amide bonds. The molecule has 3 N–H and O–H groups in total. The van der Waals surface area contributed by atoms with E-state index in [2.05, 4.69) is 17.1 Å². The Morgan fingerprint density at radius 2 is 1.85 bits per heavy atom. The second-order valence-corrected chi connectivity index (χ2v) is 8.31. The molecule has 1 aromatic rings. The number of rotatable bonds is 3. The fourth-order valence-corrected chi connectivity index (χ4v) is 4.59. The molecule has 0 aromatic heterocycles. The summed E-state index contributed by atoms with van der Waals surface area (Å²) in [5.74, 6) is 0.890. The van der Waals surface area contributed by atoms with Crippen LogP contribution in [0.1, 0.15) is 32.6 Å². The number of phenols is 1. The second-order valence-electron chi connectivity index (χ2n) is 8.31. The largest absolute Gasteiger partial charge is 0.506 e. The number of amides is 3. The number of anilines is 1. The van der Waals surface area contributed by atoms with Crippen LogP contribution < -0.4 is 15.1 Å². The Labute approximate surface area is 159 Å². The molecule has 27 heavy (non-hydrogen) atoms. The lowest BCUT2D eigenvalue weighted by Crippen LogP contribution is -3.16. The summed E-state index contributed by atoms with van der Waals surface area (Å²) < 4.78 is 0. The lowest BCUT2D eigenvalue weighted by molar-refractivity contribution is -0.907. The zero-order valence-electron chi connectivity index (χ0n) is 15.9. The second kappa shape index (κ2) is 7.03. The number of piperazine rings is 1. The number of para-hydroxylation sites is 2. The molecule has 4 rings (SSSR count). The number of hydrogen-bond acceptors (Lipinski definition) is 4. The van der Waals surface area contributed by atoms with Gasteiger partial charge in [-0.15, -0.1) is 0 Å². The van der Waals surface area contributed by atoms with Gasteiger partial charge in [0.15, 0.2) is 6.67 Å². The zero-order valence-corrected chi connectivity index (χ0v) is 15.9. The van der Waals surface area contributed by atoms with E-state index in [-0.39, 0.29) is 11.9 Å². The van der Waals surface area contributed by atoms with Gasteiger partial charge in [0.05, 0.1) is 31.9 Å². The van der Waals surface area contributed by atoms with Crippen molar-refractivity contribution in [1.29, 1.82) is 0 Å². The van der Waals surface area contributed by atoms with E-state index in [4.69, 9.17) is 0 Å². The van der Waals surface area contributed by atoms with Gasteiger partial charge in [-0.2, -0.15) is 0 Å². The minimum absolute atomic E-state index is 0.0324. The van der Waals surface area contributed by atoms with E-state index in [1.807, 2.05) is 18.2 Å². The molecule has 1 aliphatic carbocycles. The van der Waals surface area contributed by atoms with Crippen LogP contribution in [0.5, 0.6) is 5.75 Å². The van der Waals surface area contributed by atoms with Gasteiger partial charge in [-0.25, -0.2) is 9.69 Å². The number of nitrogens with zero attached hydrogens (tertiary/aromatic N) is 2. The van der Waals surface area contributed by atoms with Crippen molar-refractivity contribution in [3.05, 3.63) is 24.3 Å². The molecule has 3 fully saturated rings. The standard InChI is InChI=1S/C20H28N4O3/c1-15-6-8-20(9-7-15)18(26)24(19(27)21-20)14-22-10-12-23(13-11-22)16-4-2-3-5-17(16)25/h2-5,15,25H,6-14H2,1H3,(H,21,27)/p+1. The first-order chi connectivity index (χ1) is 13.0. The van der Waals surface area contributed by atoms with Crippen molar-refractivity contribution in [2.24, 2.45) is 5.92 Å². The van der Waals surface area contributed by atoms with Crippen molar-refractivity contribution in [1.82, 2.24) is 10.2 Å². The van der Waals surface area contributed by atoms with Crippen LogP contribution in [0.15, 0.2) is 24.3 Å². The van der Waals surface area contributed by atoms with Gasteiger partial charge < -0.3 is 20.2 Å². The fourth-order valence-electron chi connectivity index (χ4n) is 4.59. The van der Waals surface area contributed by atoms with Gasteiger partial charge in [0, 0.05) is 0 Å². The highest BCUT2D eigenvalue weighted by atomic mass is 16.3. The van der Waals surface area contributed by atoms with E-state index < -0.39 is 5.54 Å². The van der Waals surface area contributed by atoms with Crippen molar-refractivity contribution in [2.75, 3.05) is 37.7 Å². The highest BCUT2D eigenvalue weighted by molar-refractivity contribution is 6.06. The van der Waals surface area contributed by atoms with Gasteiger partial charge in [-0.3, -0.25) is 4.79 Å². The summed E-state index contributed by atoms with van der Waals surface area (Å²) >= 11 is 0. The summed E-state index contributed by atoms with van der Waals surface area (Å²) in [5, 5.41) is 13.0. The van der Waals surface area contributed by atoms with E-state index in [0.717, 1.165) is 57.5 Å². The minimum atomic E-state index is -0.652. The average Bonchev–Trinajstić information content (AvgIpc) is 2.90. The number of aromatic hydroxyl groups is 1. The van der Waals surface area contributed by atoms with E-state index in [1.54, 1.807) is 6.07 Å². The van der Waals surface area contributed by atoms with Crippen LogP contribution in [0.4, 0.5) is 10.5 Å². The number of hydrogen-bond donors (Lipinski definition) is 3. The first kappa shape index (κ1) is 18.1. The van der Waals surface area contributed by atoms with Crippen molar-refractivity contribution >= 4 is 17.6 Å². The van der Waals surface area contributed by atoms with Gasteiger partial charge >= 0.3 is 6.03 Å². The van der Waals surface area contributed by atoms with Gasteiger partial charge in [0.1, 0.15) is 11.3 Å². The number of imide groups is 1. The molecule has 2 saturated heterocycles. The molecule has 0 unspecified atom stereocenters. The number of carbonyl (C=O) groups is 2. The maximum Gasteiger partial charge on any atom is 0.329 e. The third kappa shape index (κ3) is 3.36. The van der Waals surface area contributed by atoms with E-state index in [9.17, 15) is 14.7 Å². The third-order valence-corrected chi connectivity index (χ3v) is 6.45. The molecule has 7 nitrogen and oxygen atoms in total. The van der Waals surface area contributed by atoms with Crippen molar-refractivity contribution in [3.63, 3.8) is 0 Å². The van der Waals surface area contributed by atoms with Crippen molar-refractivity contribution in [3.8, 4) is 5.75 Å². The normalized spacial score (nSPS) is 29.4. The molecular weight excluding hydrogens is 344 g/mol. The number of quaternary nitrogens is 1. The van der Waals surface area contributed by atoms with Gasteiger partial charge in [0.25, 0.3) is 5.91 Å². The average molecular weight is 373 g/mol. The maximum atomic E-state index is 13.0. The highest BCUT2D eigenvalue weighted by Crippen LogP contribution is 2.36. The molecule has 2 aliphatic heterocycles. The zero-order chi connectivity index (χ0) is 19.0. The molecule has 2 heterocycles. The molecule has 0 atom stereocenters. The lowest BCUT2D eigenvalue weighted by atomic mass is 9.77. The minimum Gasteiger partial charge on any atom is -0.506 e. The van der Waals surface area contributed by atoms with Crippen molar-refractivity contribution in [2.45, 2.75) is 38.1 Å². The Kier molecular flexibility index (Phi) is 4.72. The van der Waals surface area contributed by atoms with Crippen LogP contribution in [0.3, 0.4) is 0 Å². The predicted octanol–water partition coefficient (Wildman–Crippen LogP) is 0.555. The summed E-state index contributed by atoms with van der Waals surface area (Å²) in [6, 6.07) is 7.13. The van der Waals surface area contributed by atoms with E-state index >= 15 is 0 Å². The summed E-state index contributed by atoms with van der Waals surface area (Å²) in [5.41, 5.74) is 0.197. The first-order valence-corrected chi connectivity index (χ1v) is 9.99. The Morgan fingerprint density at radius 1 is 1.19 bits per heavy atom. The first-order valence-electron chi connectivity index (χ1n) is 9.99. The fraction of sp³-hybridized carbons (Fsp3) is 0.600. The summed E-state index contributed by atoms with van der Waals surface area (Å²) in [6.45, 7) is 5.87. The van der Waals surface area contributed by atoms with Gasteiger partial charge in [-0.1, -0.05) is 19.1 Å². The Balaban J connectivity index is 1.36. The van der Waals surface area contributed by atoms with Crippen molar-refractivity contribution < 1.29 is 19.6 Å². The number of carbonyl (C=O) groups excluding carboxylic acids is 2. The van der Waals surface area contributed by atoms with Gasteiger partial charge in [-0.05, 0) is 43.7 Å². The monoisotopic (exact) mass is 373 g/mol. The highest BCUT2D eigenvalue weighted by Gasteiger charge is 2.53. The van der Waals surface area contributed by atoms with Crippen LogP contribution >= 0.6 is 0 Å². The number of phenolic OH excluding ortho intramolecular Hbond substituents is 1. The molecule has 1 aromatic carbocycles. The third-order valence-electron chi connectivity index (χ3n) is 6.45. The molecule has 0 bridgehead atoms. The molecule has 3 aliphatic rings. The topological polar surface area (TPSA) is 77.3 Å². The van der Waals surface area contributed by atoms with Crippen LogP contribution in [0.2, 0.25) is 0 Å². The predicted molar refractivity (Wildman–Crippen MR) is 102 cm³/mol. The maximum absolute atomic E-state index is 13.0. The molecular formula is C20H29N4O3+. The van der Waals surface area contributed by atoms with Crippen LogP contribution in [0, 0.1) is 5.92 Å². The molecule has 7 heteroatoms. The molecule has 146 valence electrons. The Hall–Kier alpha value is -2.28. The molecule has 0 radical (unpaired) electrons. The van der Waals surface area contributed by atoms with E-state index in [1.165, 1.54) is 9.80 Å². The molecule has 1 spiro atoms. The summed E-state index contributed by atoms with van der Waals surface area (Å²) in [6.07, 6.45) is 3.50.